The number of carbonyl (C=O) groups excluding carboxylic acids is 1. The third-order valence-electron chi connectivity index (χ3n) is 5.91. The highest BCUT2D eigenvalue weighted by Crippen LogP contribution is 2.53. The van der Waals surface area contributed by atoms with E-state index in [1.807, 2.05) is 13.0 Å². The maximum absolute atomic E-state index is 11.5. The Balaban J connectivity index is 1.69. The number of nitrogens with zero attached hydrogens (tertiary/aromatic N) is 3. The zero-order valence-electron chi connectivity index (χ0n) is 14.6. The van der Waals surface area contributed by atoms with Gasteiger partial charge in [0.15, 0.2) is 11.0 Å². The quantitative estimate of drug-likeness (QED) is 0.774. The topological polar surface area (TPSA) is 73.8 Å². The molecule has 2 heterocycles. The van der Waals surface area contributed by atoms with E-state index in [0.717, 1.165) is 27.7 Å². The van der Waals surface area contributed by atoms with Crippen LogP contribution in [0.25, 0.3) is 10.7 Å². The van der Waals surface area contributed by atoms with Crippen molar-refractivity contribution in [3.8, 4) is 10.7 Å². The SMILES string of the molecule is C[C@H](Sc1nnc(-c2cccs2)n1[C@H](C)[C@H]1C[C@H]2CC[C@H]1C2)C(N)=O. The molecule has 0 spiro atoms. The second-order valence-electron chi connectivity index (χ2n) is 7.40. The number of amides is 1. The molecule has 2 aliphatic carbocycles. The molecule has 7 heteroatoms. The Labute approximate surface area is 156 Å². The number of hydrogen-bond acceptors (Lipinski definition) is 5. The maximum atomic E-state index is 11.5. The zero-order chi connectivity index (χ0) is 17.6. The van der Waals surface area contributed by atoms with Gasteiger partial charge in [-0.05, 0) is 62.3 Å². The second-order valence-corrected chi connectivity index (χ2v) is 9.65. The van der Waals surface area contributed by atoms with E-state index in [1.54, 1.807) is 11.3 Å². The third kappa shape index (κ3) is 3.12. The Kier molecular flexibility index (Phi) is 4.62. The molecule has 0 saturated heterocycles. The first kappa shape index (κ1) is 17.1. The fourth-order valence-electron chi connectivity index (χ4n) is 4.59. The van der Waals surface area contributed by atoms with Crippen LogP contribution in [0.4, 0.5) is 0 Å². The van der Waals surface area contributed by atoms with Crippen LogP contribution >= 0.6 is 23.1 Å². The summed E-state index contributed by atoms with van der Waals surface area (Å²) in [6, 6.07) is 4.47. The van der Waals surface area contributed by atoms with Crippen molar-refractivity contribution in [2.24, 2.45) is 23.5 Å². The Bertz CT molecular complexity index is 757. The lowest BCUT2D eigenvalue weighted by Crippen LogP contribution is -2.25. The lowest BCUT2D eigenvalue weighted by Gasteiger charge is -2.30. The first-order valence-corrected chi connectivity index (χ1v) is 10.7. The molecule has 2 aromatic heterocycles. The summed E-state index contributed by atoms with van der Waals surface area (Å²) in [7, 11) is 0. The van der Waals surface area contributed by atoms with Crippen molar-refractivity contribution in [2.45, 2.75) is 56.0 Å². The highest BCUT2D eigenvalue weighted by atomic mass is 32.2. The smallest absolute Gasteiger partial charge is 0.230 e. The summed E-state index contributed by atoms with van der Waals surface area (Å²) in [5.41, 5.74) is 5.47. The first-order valence-electron chi connectivity index (χ1n) is 8.99. The summed E-state index contributed by atoms with van der Waals surface area (Å²) in [4.78, 5) is 12.7. The Morgan fingerprint density at radius 2 is 2.20 bits per heavy atom. The van der Waals surface area contributed by atoms with Gasteiger partial charge in [-0.15, -0.1) is 21.5 Å². The molecular weight excluding hydrogens is 352 g/mol. The fraction of sp³-hybridized carbons (Fsp3) is 0.611. The van der Waals surface area contributed by atoms with Crippen molar-refractivity contribution in [3.63, 3.8) is 0 Å². The minimum atomic E-state index is -0.315. The molecule has 4 rings (SSSR count). The van der Waals surface area contributed by atoms with Crippen LogP contribution < -0.4 is 5.73 Å². The molecule has 0 aromatic carbocycles. The van der Waals surface area contributed by atoms with Gasteiger partial charge < -0.3 is 5.73 Å². The Morgan fingerprint density at radius 3 is 2.80 bits per heavy atom. The van der Waals surface area contributed by atoms with Crippen molar-refractivity contribution in [1.82, 2.24) is 14.8 Å². The molecule has 134 valence electrons. The standard InChI is InChI=1S/C18H24N4OS2/c1-10(14-9-12-5-6-13(14)8-12)22-17(15-4-3-7-24-15)20-21-18(22)25-11(2)16(19)23/h3-4,7,10-14H,5-6,8-9H2,1-2H3,(H2,19,23)/t10-,11+,12+,13+,14-/m1/s1. The summed E-state index contributed by atoms with van der Waals surface area (Å²) < 4.78 is 2.27. The predicted octanol–water partition coefficient (Wildman–Crippen LogP) is 3.97. The van der Waals surface area contributed by atoms with Crippen LogP contribution in [0.1, 0.15) is 45.6 Å². The lowest BCUT2D eigenvalue weighted by atomic mass is 9.84. The molecule has 2 bridgehead atoms. The number of fused-ring (bicyclic) bond motifs is 2. The van der Waals surface area contributed by atoms with Gasteiger partial charge in [-0.1, -0.05) is 24.2 Å². The number of thioether (sulfide) groups is 1. The number of rotatable bonds is 6. The van der Waals surface area contributed by atoms with Crippen molar-refractivity contribution in [3.05, 3.63) is 17.5 Å². The van der Waals surface area contributed by atoms with Gasteiger partial charge in [-0.2, -0.15) is 0 Å². The largest absolute Gasteiger partial charge is 0.369 e. The van der Waals surface area contributed by atoms with E-state index in [4.69, 9.17) is 5.73 Å². The van der Waals surface area contributed by atoms with Gasteiger partial charge in [0.1, 0.15) is 0 Å². The molecular formula is C18H24N4OS2. The van der Waals surface area contributed by atoms with E-state index in [2.05, 4.69) is 33.1 Å². The van der Waals surface area contributed by atoms with E-state index < -0.39 is 0 Å². The highest BCUT2D eigenvalue weighted by molar-refractivity contribution is 8.00. The normalized spacial score (nSPS) is 27.5. The third-order valence-corrected chi connectivity index (χ3v) is 7.85. The van der Waals surface area contributed by atoms with Gasteiger partial charge in [0, 0.05) is 6.04 Å². The number of aromatic nitrogens is 3. The van der Waals surface area contributed by atoms with Crippen molar-refractivity contribution in [2.75, 3.05) is 0 Å². The summed E-state index contributed by atoms with van der Waals surface area (Å²) in [6.07, 6.45) is 5.44. The number of carbonyl (C=O) groups is 1. The van der Waals surface area contributed by atoms with E-state index in [1.165, 1.54) is 37.4 Å². The van der Waals surface area contributed by atoms with Crippen LogP contribution in [0.2, 0.25) is 0 Å². The van der Waals surface area contributed by atoms with Gasteiger partial charge in [-0.25, -0.2) is 0 Å². The maximum Gasteiger partial charge on any atom is 0.230 e. The minimum absolute atomic E-state index is 0.314. The molecule has 2 N–H and O–H groups in total. The monoisotopic (exact) mass is 376 g/mol. The van der Waals surface area contributed by atoms with Crippen LogP contribution in [-0.4, -0.2) is 25.9 Å². The molecule has 0 unspecified atom stereocenters. The molecule has 2 saturated carbocycles. The van der Waals surface area contributed by atoms with Crippen molar-refractivity contribution < 1.29 is 4.79 Å². The summed E-state index contributed by atoms with van der Waals surface area (Å²) in [5.74, 6) is 3.01. The molecule has 0 radical (unpaired) electrons. The number of nitrogens with two attached hydrogens (primary N) is 1. The average molecular weight is 377 g/mol. The highest BCUT2D eigenvalue weighted by Gasteiger charge is 2.43. The van der Waals surface area contributed by atoms with Crippen LogP contribution in [0.3, 0.4) is 0 Å². The molecule has 2 aliphatic rings. The van der Waals surface area contributed by atoms with Crippen molar-refractivity contribution >= 4 is 29.0 Å². The van der Waals surface area contributed by atoms with Crippen LogP contribution in [0, 0.1) is 17.8 Å². The average Bonchev–Trinajstić information content (AvgIpc) is 3.36. The predicted molar refractivity (Wildman–Crippen MR) is 101 cm³/mol. The molecule has 2 aromatic rings. The summed E-state index contributed by atoms with van der Waals surface area (Å²) in [5, 5.41) is 11.5. The number of primary amides is 1. The molecule has 5 nitrogen and oxygen atoms in total. The zero-order valence-corrected chi connectivity index (χ0v) is 16.2. The molecule has 25 heavy (non-hydrogen) atoms. The van der Waals surface area contributed by atoms with Crippen molar-refractivity contribution in [1.29, 1.82) is 0 Å². The molecule has 2 fully saturated rings. The molecule has 0 aliphatic heterocycles. The van der Waals surface area contributed by atoms with E-state index in [-0.39, 0.29) is 11.2 Å². The molecule has 1 amide bonds. The number of thiophene rings is 1. The minimum Gasteiger partial charge on any atom is -0.369 e. The van der Waals surface area contributed by atoms with Gasteiger partial charge in [0.25, 0.3) is 0 Å². The van der Waals surface area contributed by atoms with Gasteiger partial charge >= 0.3 is 0 Å². The Hall–Kier alpha value is -1.34. The van der Waals surface area contributed by atoms with Gasteiger partial charge in [0.05, 0.1) is 10.1 Å². The Morgan fingerprint density at radius 1 is 1.36 bits per heavy atom. The van der Waals surface area contributed by atoms with Crippen LogP contribution in [0.15, 0.2) is 22.7 Å². The summed E-state index contributed by atoms with van der Waals surface area (Å²) >= 11 is 3.10. The fourth-order valence-corrected chi connectivity index (χ4v) is 6.18. The van der Waals surface area contributed by atoms with Gasteiger partial charge in [0.2, 0.25) is 5.91 Å². The van der Waals surface area contributed by atoms with E-state index in [0.29, 0.717) is 12.0 Å². The van der Waals surface area contributed by atoms with E-state index in [9.17, 15) is 4.79 Å². The lowest BCUT2D eigenvalue weighted by molar-refractivity contribution is -0.117. The van der Waals surface area contributed by atoms with Crippen LogP contribution in [0.5, 0.6) is 0 Å². The van der Waals surface area contributed by atoms with Crippen LogP contribution in [-0.2, 0) is 4.79 Å². The second kappa shape index (κ2) is 6.76. The van der Waals surface area contributed by atoms with E-state index >= 15 is 0 Å². The summed E-state index contributed by atoms with van der Waals surface area (Å²) in [6.45, 7) is 4.13. The number of hydrogen-bond donors (Lipinski definition) is 1. The first-order chi connectivity index (χ1) is 12.0. The van der Waals surface area contributed by atoms with Gasteiger partial charge in [-0.3, -0.25) is 9.36 Å². The molecule has 5 atom stereocenters.